The summed E-state index contributed by atoms with van der Waals surface area (Å²) < 4.78 is 7.05. The van der Waals surface area contributed by atoms with Crippen molar-refractivity contribution in [3.05, 3.63) is 48.0 Å². The molecule has 0 unspecified atom stereocenters. The third-order valence-electron chi connectivity index (χ3n) is 10.1. The van der Waals surface area contributed by atoms with Crippen molar-refractivity contribution in [2.75, 3.05) is 12.0 Å². The molecule has 0 amide bonds. The lowest BCUT2D eigenvalue weighted by molar-refractivity contribution is -0.142. The van der Waals surface area contributed by atoms with Gasteiger partial charge in [0.1, 0.15) is 6.10 Å². The van der Waals surface area contributed by atoms with E-state index in [1.165, 1.54) is 24.8 Å². The Morgan fingerprint density at radius 3 is 2.57 bits per heavy atom. The van der Waals surface area contributed by atoms with Crippen LogP contribution in [0.3, 0.4) is 0 Å². The van der Waals surface area contributed by atoms with Crippen molar-refractivity contribution in [2.45, 2.75) is 57.7 Å². The molecule has 0 N–H and O–H groups in total. The Kier molecular flexibility index (Phi) is 4.39. The number of carbonyl (C=O) groups excluding carboxylic acids is 1. The molecule has 5 aliphatic rings. The van der Waals surface area contributed by atoms with E-state index in [2.05, 4.69) is 62.6 Å². The van der Waals surface area contributed by atoms with Gasteiger partial charge >= 0.3 is 0 Å². The molecule has 2 nitrogen and oxygen atoms in total. The van der Waals surface area contributed by atoms with Gasteiger partial charge in [-0.15, -0.1) is 0 Å². The molecule has 4 bridgehead atoms. The fourth-order valence-corrected chi connectivity index (χ4v) is 9.73. The topological polar surface area (TPSA) is 26.3 Å². The van der Waals surface area contributed by atoms with Gasteiger partial charge in [-0.2, -0.15) is 11.8 Å². The minimum absolute atomic E-state index is 0.179. The molecule has 0 radical (unpaired) electrons. The standard InChI is InChI=1S/C27H34O2S/c1-26(2)19-11-12-27(26,15-30-3)20(14-19)29-25-23(16-7-5-4-6-8-16)21-17-9-10-18(13-17)22(21)24(25)28/h4-10,17-23,25H,11-15H2,1-3H3/t17-,18+,19+,20-,21+,22-,23-,25-,27+/m1/s1. The van der Waals surface area contributed by atoms with Crippen molar-refractivity contribution in [3.8, 4) is 0 Å². The van der Waals surface area contributed by atoms with Gasteiger partial charge in [0.25, 0.3) is 0 Å². The first kappa shape index (κ1) is 19.6. The third-order valence-corrected chi connectivity index (χ3v) is 10.9. The number of ketones is 1. The molecule has 1 aromatic rings. The number of carbonyl (C=O) groups is 1. The number of allylic oxidation sites excluding steroid dienone is 2. The van der Waals surface area contributed by atoms with Crippen LogP contribution in [0.25, 0.3) is 0 Å². The van der Waals surface area contributed by atoms with Crippen molar-refractivity contribution in [2.24, 2.45) is 40.4 Å². The van der Waals surface area contributed by atoms with E-state index >= 15 is 0 Å². The summed E-state index contributed by atoms with van der Waals surface area (Å²) in [6.45, 7) is 4.93. The summed E-state index contributed by atoms with van der Waals surface area (Å²) in [5, 5.41) is 0. The summed E-state index contributed by atoms with van der Waals surface area (Å²) in [5.41, 5.74) is 1.83. The second-order valence-corrected chi connectivity index (χ2v) is 12.1. The highest BCUT2D eigenvalue weighted by molar-refractivity contribution is 7.98. The zero-order valence-corrected chi connectivity index (χ0v) is 19.2. The minimum Gasteiger partial charge on any atom is -0.366 e. The monoisotopic (exact) mass is 422 g/mol. The maximum atomic E-state index is 13.8. The Balaban J connectivity index is 1.37. The molecule has 0 heterocycles. The summed E-state index contributed by atoms with van der Waals surface area (Å²) in [6, 6.07) is 10.8. The molecule has 6 rings (SSSR count). The summed E-state index contributed by atoms with van der Waals surface area (Å²) in [4.78, 5) is 13.8. The quantitative estimate of drug-likeness (QED) is 0.567. The lowest BCUT2D eigenvalue weighted by atomic mass is 9.69. The van der Waals surface area contributed by atoms with Crippen molar-refractivity contribution < 1.29 is 9.53 Å². The second kappa shape index (κ2) is 6.72. The molecule has 0 spiro atoms. The zero-order chi connectivity index (χ0) is 20.7. The van der Waals surface area contributed by atoms with Crippen molar-refractivity contribution in [1.82, 2.24) is 0 Å². The van der Waals surface area contributed by atoms with Crippen LogP contribution in [0.15, 0.2) is 42.5 Å². The molecule has 30 heavy (non-hydrogen) atoms. The lowest BCUT2D eigenvalue weighted by Crippen LogP contribution is -2.45. The molecule has 4 fully saturated rings. The lowest BCUT2D eigenvalue weighted by Gasteiger charge is -2.43. The van der Waals surface area contributed by atoms with E-state index < -0.39 is 0 Å². The molecule has 1 aromatic carbocycles. The van der Waals surface area contributed by atoms with Crippen LogP contribution in [0.4, 0.5) is 0 Å². The van der Waals surface area contributed by atoms with E-state index in [0.29, 0.717) is 29.0 Å². The first-order valence-corrected chi connectivity index (χ1v) is 13.3. The largest absolute Gasteiger partial charge is 0.366 e. The first-order chi connectivity index (χ1) is 14.5. The third kappa shape index (κ3) is 2.40. The van der Waals surface area contributed by atoms with Crippen molar-refractivity contribution in [3.63, 3.8) is 0 Å². The Labute approximate surface area is 185 Å². The number of rotatable bonds is 5. The fourth-order valence-electron chi connectivity index (χ4n) is 8.51. The van der Waals surface area contributed by atoms with Crippen molar-refractivity contribution >= 4 is 17.5 Å². The number of ether oxygens (including phenoxy) is 1. The van der Waals surface area contributed by atoms with Crippen molar-refractivity contribution in [1.29, 1.82) is 0 Å². The number of hydrogen-bond acceptors (Lipinski definition) is 3. The average molecular weight is 423 g/mol. The molecule has 160 valence electrons. The van der Waals surface area contributed by atoms with Gasteiger partial charge in [-0.25, -0.2) is 0 Å². The molecule has 0 aromatic heterocycles. The van der Waals surface area contributed by atoms with Crippen LogP contribution in [-0.2, 0) is 9.53 Å². The molecular weight excluding hydrogens is 388 g/mol. The summed E-state index contributed by atoms with van der Waals surface area (Å²) in [5.74, 6) is 4.13. The van der Waals surface area contributed by atoms with Gasteiger partial charge < -0.3 is 4.74 Å². The number of Topliss-reactive ketones (excluding diaryl/α,β-unsaturated/α-hetero) is 1. The van der Waals surface area contributed by atoms with Gasteiger partial charge in [-0.05, 0) is 66.6 Å². The summed E-state index contributed by atoms with van der Waals surface area (Å²) in [7, 11) is 0. The Bertz CT molecular complexity index is 876. The Hall–Kier alpha value is -1.06. The van der Waals surface area contributed by atoms with Gasteiger partial charge in [0.15, 0.2) is 5.78 Å². The minimum atomic E-state index is -0.258. The molecule has 0 aliphatic heterocycles. The maximum Gasteiger partial charge on any atom is 0.166 e. The summed E-state index contributed by atoms with van der Waals surface area (Å²) in [6.07, 6.45) is 11.8. The smallest absolute Gasteiger partial charge is 0.166 e. The summed E-state index contributed by atoms with van der Waals surface area (Å²) >= 11 is 1.96. The predicted octanol–water partition coefficient (Wildman–Crippen LogP) is 5.73. The highest BCUT2D eigenvalue weighted by atomic mass is 32.2. The van der Waals surface area contributed by atoms with Gasteiger partial charge in [0, 0.05) is 23.0 Å². The normalized spacial score (nSPS) is 47.4. The van der Waals surface area contributed by atoms with Crippen LogP contribution in [0.2, 0.25) is 0 Å². The molecule has 9 atom stereocenters. The molecule has 0 saturated heterocycles. The van der Waals surface area contributed by atoms with Gasteiger partial charge in [0.2, 0.25) is 0 Å². The van der Waals surface area contributed by atoms with Crippen LogP contribution in [0.1, 0.15) is 51.0 Å². The number of hydrogen-bond donors (Lipinski definition) is 0. The van der Waals surface area contributed by atoms with E-state index in [0.717, 1.165) is 18.1 Å². The SMILES string of the molecule is CSC[C@@]12CC[C@@H](C[C@H]1O[C@H]1C(=O)[C@H]3[C@@H]([C@H]1c1ccccc1)[C@@H]1C=C[C@H]3C1)C2(C)C. The van der Waals surface area contributed by atoms with E-state index in [4.69, 9.17) is 4.74 Å². The fraction of sp³-hybridized carbons (Fsp3) is 0.667. The number of thioether (sulfide) groups is 1. The highest BCUT2D eigenvalue weighted by Crippen LogP contribution is 2.68. The zero-order valence-electron chi connectivity index (χ0n) is 18.4. The maximum absolute atomic E-state index is 13.8. The van der Waals surface area contributed by atoms with Gasteiger partial charge in [0.05, 0.1) is 6.10 Å². The van der Waals surface area contributed by atoms with Crippen LogP contribution < -0.4 is 0 Å². The first-order valence-electron chi connectivity index (χ1n) is 11.9. The average Bonchev–Trinajstić information content (AvgIpc) is 3.50. The van der Waals surface area contributed by atoms with Crippen LogP contribution in [0, 0.1) is 40.4 Å². The van der Waals surface area contributed by atoms with E-state index in [1.807, 2.05) is 11.8 Å². The van der Waals surface area contributed by atoms with Gasteiger partial charge in [-0.3, -0.25) is 4.79 Å². The van der Waals surface area contributed by atoms with Crippen LogP contribution in [-0.4, -0.2) is 30.0 Å². The van der Waals surface area contributed by atoms with E-state index in [1.54, 1.807) is 0 Å². The molecular formula is C27H34O2S. The van der Waals surface area contributed by atoms with Crippen LogP contribution in [0.5, 0.6) is 0 Å². The number of benzene rings is 1. The molecule has 5 aliphatic carbocycles. The van der Waals surface area contributed by atoms with E-state index in [9.17, 15) is 4.79 Å². The second-order valence-electron chi connectivity index (χ2n) is 11.2. The highest BCUT2D eigenvalue weighted by Gasteiger charge is 2.67. The van der Waals surface area contributed by atoms with E-state index in [-0.39, 0.29) is 29.5 Å². The number of fused-ring (bicyclic) bond motifs is 7. The molecule has 3 heteroatoms. The Morgan fingerprint density at radius 2 is 1.83 bits per heavy atom. The molecule has 4 saturated carbocycles. The Morgan fingerprint density at radius 1 is 1.07 bits per heavy atom. The van der Waals surface area contributed by atoms with Gasteiger partial charge in [-0.1, -0.05) is 56.3 Å². The predicted molar refractivity (Wildman–Crippen MR) is 123 cm³/mol. The van der Waals surface area contributed by atoms with Crippen LogP contribution >= 0.6 is 11.8 Å².